The van der Waals surface area contributed by atoms with Gasteiger partial charge in [0.25, 0.3) is 0 Å². The maximum absolute atomic E-state index is 12.2. The van der Waals surface area contributed by atoms with Crippen molar-refractivity contribution in [1.82, 2.24) is 0 Å². The monoisotopic (exact) mass is 259 g/mol. The van der Waals surface area contributed by atoms with Gasteiger partial charge in [-0.25, -0.2) is 0 Å². The molecule has 0 saturated carbocycles. The van der Waals surface area contributed by atoms with Crippen molar-refractivity contribution in [3.63, 3.8) is 0 Å². The van der Waals surface area contributed by atoms with Crippen LogP contribution < -0.4 is 5.73 Å². The number of benzene rings is 1. The number of nitrogens with two attached hydrogens (primary N) is 1. The number of hydrogen-bond acceptors (Lipinski definition) is 3. The quantitative estimate of drug-likeness (QED) is 0.847. The van der Waals surface area contributed by atoms with Gasteiger partial charge in [-0.05, 0) is 18.2 Å². The van der Waals surface area contributed by atoms with Gasteiger partial charge in [0.2, 0.25) is 0 Å². The minimum absolute atomic E-state index is 0.0279. The highest BCUT2D eigenvalue weighted by Crippen LogP contribution is 2.32. The molecule has 5 heteroatoms. The van der Waals surface area contributed by atoms with Crippen molar-refractivity contribution in [2.75, 3.05) is 19.8 Å². The average molecular weight is 260 g/mol. The number of Topliss-reactive ketones (excluding diaryl/α,β-unsaturated/α-hetero) is 1. The highest BCUT2D eigenvalue weighted by Gasteiger charge is 2.44. The lowest BCUT2D eigenvalue weighted by molar-refractivity contribution is -0.0816. The normalized spacial score (nSPS) is 17.9. The summed E-state index contributed by atoms with van der Waals surface area (Å²) in [5.41, 5.74) is 5.57. The molecule has 0 atom stereocenters. The molecule has 3 nitrogen and oxygen atoms in total. The Balaban J connectivity index is 2.30. The fourth-order valence-corrected chi connectivity index (χ4v) is 1.93. The molecule has 1 saturated heterocycles. The molecule has 0 spiro atoms. The van der Waals surface area contributed by atoms with Crippen LogP contribution in [-0.2, 0) is 4.74 Å². The third-order valence-corrected chi connectivity index (χ3v) is 3.55. The number of ketones is 1. The van der Waals surface area contributed by atoms with E-state index in [1.165, 1.54) is 0 Å². The van der Waals surface area contributed by atoms with Crippen LogP contribution in [0.4, 0.5) is 0 Å². The zero-order valence-corrected chi connectivity index (χ0v) is 10.0. The van der Waals surface area contributed by atoms with E-state index in [-0.39, 0.29) is 12.3 Å². The Labute approximate surface area is 103 Å². The summed E-state index contributed by atoms with van der Waals surface area (Å²) in [6.45, 7) is 1.04. The van der Waals surface area contributed by atoms with Crippen molar-refractivity contribution in [3.8, 4) is 0 Å². The van der Waals surface area contributed by atoms with Gasteiger partial charge >= 0.3 is 0 Å². The van der Waals surface area contributed by atoms with E-state index >= 15 is 0 Å². The molecule has 0 radical (unpaired) electrons. The number of carbonyl (C=O) groups is 1. The van der Waals surface area contributed by atoms with Crippen molar-refractivity contribution in [1.29, 1.82) is 0 Å². The van der Waals surface area contributed by atoms with E-state index < -0.39 is 5.41 Å². The van der Waals surface area contributed by atoms with Gasteiger partial charge in [-0.15, -0.1) is 0 Å². The summed E-state index contributed by atoms with van der Waals surface area (Å²) in [5, 5.41) is 0.810. The van der Waals surface area contributed by atoms with Crippen molar-refractivity contribution in [2.24, 2.45) is 11.1 Å². The van der Waals surface area contributed by atoms with Crippen LogP contribution in [0.1, 0.15) is 10.4 Å². The van der Waals surface area contributed by atoms with E-state index in [2.05, 4.69) is 0 Å². The molecule has 2 N–H and O–H groups in total. The van der Waals surface area contributed by atoms with E-state index in [0.29, 0.717) is 28.8 Å². The number of ether oxygens (including phenoxy) is 1. The first-order valence-corrected chi connectivity index (χ1v) is 5.62. The van der Waals surface area contributed by atoms with E-state index in [4.69, 9.17) is 33.7 Å². The average Bonchev–Trinajstić information content (AvgIpc) is 2.21. The Bertz CT molecular complexity index is 424. The molecule has 0 aliphatic carbocycles. The predicted molar refractivity (Wildman–Crippen MR) is 63.1 cm³/mol. The summed E-state index contributed by atoms with van der Waals surface area (Å²) >= 11 is 11.7. The minimum atomic E-state index is -0.572. The summed E-state index contributed by atoms with van der Waals surface area (Å²) in [6.07, 6.45) is 0. The topological polar surface area (TPSA) is 52.3 Å². The van der Waals surface area contributed by atoms with Crippen LogP contribution in [0.15, 0.2) is 18.2 Å². The van der Waals surface area contributed by atoms with Crippen molar-refractivity contribution in [2.45, 2.75) is 0 Å². The van der Waals surface area contributed by atoms with E-state index in [0.717, 1.165) is 0 Å². The number of rotatable bonds is 3. The zero-order valence-electron chi connectivity index (χ0n) is 8.50. The molecule has 0 amide bonds. The molecule has 1 fully saturated rings. The zero-order chi connectivity index (χ0) is 11.8. The third kappa shape index (κ3) is 1.84. The molecule has 1 heterocycles. The summed E-state index contributed by atoms with van der Waals surface area (Å²) in [5.74, 6) is -0.0279. The lowest BCUT2D eigenvalue weighted by atomic mass is 9.78. The van der Waals surface area contributed by atoms with Crippen LogP contribution in [0.25, 0.3) is 0 Å². The molecule has 16 heavy (non-hydrogen) atoms. The van der Waals surface area contributed by atoms with Crippen molar-refractivity contribution < 1.29 is 9.53 Å². The van der Waals surface area contributed by atoms with Gasteiger partial charge in [0.15, 0.2) is 5.78 Å². The second-order valence-electron chi connectivity index (χ2n) is 3.94. The molecule has 0 unspecified atom stereocenters. The number of halogens is 2. The standard InChI is InChI=1S/C11H11Cl2NO2/c12-8-2-1-7(3-9(8)13)10(15)11(4-14)5-16-6-11/h1-3H,4-6,14H2. The molecule has 2 rings (SSSR count). The third-order valence-electron chi connectivity index (χ3n) is 2.81. The van der Waals surface area contributed by atoms with Gasteiger partial charge in [-0.3, -0.25) is 4.79 Å². The molecular formula is C11H11Cl2NO2. The molecule has 1 aliphatic rings. The highest BCUT2D eigenvalue weighted by molar-refractivity contribution is 6.42. The molecule has 0 bridgehead atoms. The van der Waals surface area contributed by atoms with Gasteiger partial charge in [0, 0.05) is 12.1 Å². The molecular weight excluding hydrogens is 249 g/mol. The Kier molecular flexibility index (Phi) is 3.22. The first kappa shape index (κ1) is 11.9. The molecule has 1 aromatic rings. The van der Waals surface area contributed by atoms with Crippen LogP contribution >= 0.6 is 23.2 Å². The maximum Gasteiger partial charge on any atom is 0.174 e. The number of carbonyl (C=O) groups excluding carboxylic acids is 1. The Morgan fingerprint density at radius 1 is 1.38 bits per heavy atom. The summed E-state index contributed by atoms with van der Waals surface area (Å²) < 4.78 is 5.07. The van der Waals surface area contributed by atoms with Gasteiger partial charge < -0.3 is 10.5 Å². The molecule has 1 aliphatic heterocycles. The summed E-state index contributed by atoms with van der Waals surface area (Å²) in [4.78, 5) is 12.2. The minimum Gasteiger partial charge on any atom is -0.379 e. The fraction of sp³-hybridized carbons (Fsp3) is 0.364. The van der Waals surface area contributed by atoms with Crippen molar-refractivity contribution in [3.05, 3.63) is 33.8 Å². The first-order chi connectivity index (χ1) is 7.59. The van der Waals surface area contributed by atoms with Gasteiger partial charge in [0.1, 0.15) is 0 Å². The van der Waals surface area contributed by atoms with E-state index in [1.54, 1.807) is 18.2 Å². The highest BCUT2D eigenvalue weighted by atomic mass is 35.5. The lowest BCUT2D eigenvalue weighted by Gasteiger charge is -2.38. The van der Waals surface area contributed by atoms with Crippen molar-refractivity contribution >= 4 is 29.0 Å². The van der Waals surface area contributed by atoms with Crippen LogP contribution in [0.3, 0.4) is 0 Å². The Hall–Kier alpha value is -0.610. The predicted octanol–water partition coefficient (Wildman–Crippen LogP) is 2.15. The second-order valence-corrected chi connectivity index (χ2v) is 4.75. The first-order valence-electron chi connectivity index (χ1n) is 4.87. The van der Waals surface area contributed by atoms with Gasteiger partial charge in [-0.2, -0.15) is 0 Å². The Morgan fingerprint density at radius 3 is 2.50 bits per heavy atom. The van der Waals surface area contributed by atoms with Gasteiger partial charge in [0.05, 0.1) is 28.7 Å². The van der Waals surface area contributed by atoms with Crippen LogP contribution in [0, 0.1) is 5.41 Å². The largest absolute Gasteiger partial charge is 0.379 e. The summed E-state index contributed by atoms with van der Waals surface area (Å²) in [7, 11) is 0. The summed E-state index contributed by atoms with van der Waals surface area (Å²) in [6, 6.07) is 4.84. The SMILES string of the molecule is NCC1(C(=O)c2ccc(Cl)c(Cl)c2)COC1. The fourth-order valence-electron chi connectivity index (χ4n) is 1.63. The number of hydrogen-bond donors (Lipinski definition) is 1. The Morgan fingerprint density at radius 2 is 2.06 bits per heavy atom. The smallest absolute Gasteiger partial charge is 0.174 e. The van der Waals surface area contributed by atoms with Crippen LogP contribution in [-0.4, -0.2) is 25.5 Å². The van der Waals surface area contributed by atoms with Gasteiger partial charge in [-0.1, -0.05) is 23.2 Å². The lowest BCUT2D eigenvalue weighted by Crippen LogP contribution is -2.54. The molecule has 0 aromatic heterocycles. The second kappa shape index (κ2) is 4.34. The molecule has 86 valence electrons. The van der Waals surface area contributed by atoms with Crippen LogP contribution in [0.2, 0.25) is 10.0 Å². The van der Waals surface area contributed by atoms with E-state index in [1.807, 2.05) is 0 Å². The van der Waals surface area contributed by atoms with E-state index in [9.17, 15) is 4.79 Å². The van der Waals surface area contributed by atoms with Crippen LogP contribution in [0.5, 0.6) is 0 Å². The maximum atomic E-state index is 12.2. The molecule has 1 aromatic carbocycles.